The second-order valence-corrected chi connectivity index (χ2v) is 6.26. The standard InChI is InChI=1S/C18H20BrNO6/c1-11(18(22)20-10-13-5-4-6-25-13)26-17(21)8-12-7-15(23-2)16(24-3)9-14(12)19/h4-7,9,11H,8,10H2,1-3H3,(H,20,22)/t11-/m0/s1. The lowest BCUT2D eigenvalue weighted by atomic mass is 10.1. The molecular weight excluding hydrogens is 406 g/mol. The van der Waals surface area contributed by atoms with Crippen LogP contribution < -0.4 is 14.8 Å². The first kappa shape index (κ1) is 19.8. The molecule has 1 amide bonds. The van der Waals surface area contributed by atoms with Gasteiger partial charge in [-0.3, -0.25) is 9.59 Å². The Balaban J connectivity index is 1.92. The van der Waals surface area contributed by atoms with Gasteiger partial charge in [-0.05, 0) is 36.8 Å². The quantitative estimate of drug-likeness (QED) is 0.654. The number of carbonyl (C=O) groups excluding carboxylic acids is 2. The van der Waals surface area contributed by atoms with Crippen LogP contribution >= 0.6 is 15.9 Å². The molecule has 0 bridgehead atoms. The molecule has 7 nitrogen and oxygen atoms in total. The molecule has 1 atom stereocenters. The van der Waals surface area contributed by atoms with Gasteiger partial charge in [0, 0.05) is 4.47 Å². The number of esters is 1. The average Bonchev–Trinajstić information content (AvgIpc) is 3.14. The van der Waals surface area contributed by atoms with Crippen molar-refractivity contribution in [1.82, 2.24) is 5.32 Å². The lowest BCUT2D eigenvalue weighted by Gasteiger charge is -2.14. The smallest absolute Gasteiger partial charge is 0.311 e. The maximum absolute atomic E-state index is 12.2. The van der Waals surface area contributed by atoms with Gasteiger partial charge < -0.3 is 23.9 Å². The van der Waals surface area contributed by atoms with Gasteiger partial charge in [0.05, 0.1) is 33.4 Å². The van der Waals surface area contributed by atoms with E-state index in [-0.39, 0.29) is 13.0 Å². The summed E-state index contributed by atoms with van der Waals surface area (Å²) >= 11 is 3.39. The van der Waals surface area contributed by atoms with Crippen molar-refractivity contribution in [3.05, 3.63) is 46.3 Å². The number of ether oxygens (including phenoxy) is 3. The minimum absolute atomic E-state index is 0.0171. The van der Waals surface area contributed by atoms with Gasteiger partial charge in [0.1, 0.15) is 5.76 Å². The zero-order valence-electron chi connectivity index (χ0n) is 14.7. The fraction of sp³-hybridized carbons (Fsp3) is 0.333. The Kier molecular flexibility index (Phi) is 7.08. The summed E-state index contributed by atoms with van der Waals surface area (Å²) in [5.41, 5.74) is 0.663. The summed E-state index contributed by atoms with van der Waals surface area (Å²) in [6.07, 6.45) is 0.583. The first-order chi connectivity index (χ1) is 12.4. The second-order valence-electron chi connectivity index (χ2n) is 5.40. The van der Waals surface area contributed by atoms with Crippen LogP contribution in [0.2, 0.25) is 0 Å². The monoisotopic (exact) mass is 425 g/mol. The third-order valence-electron chi connectivity index (χ3n) is 3.58. The molecule has 0 aliphatic rings. The topological polar surface area (TPSA) is 87.0 Å². The molecule has 0 saturated carbocycles. The highest BCUT2D eigenvalue weighted by Gasteiger charge is 2.19. The third kappa shape index (κ3) is 5.26. The highest BCUT2D eigenvalue weighted by Crippen LogP contribution is 2.33. The third-order valence-corrected chi connectivity index (χ3v) is 4.32. The average molecular weight is 426 g/mol. The zero-order valence-corrected chi connectivity index (χ0v) is 16.3. The predicted octanol–water partition coefficient (Wildman–Crippen LogP) is 2.85. The Morgan fingerprint density at radius 2 is 1.92 bits per heavy atom. The molecule has 0 spiro atoms. The van der Waals surface area contributed by atoms with Crippen molar-refractivity contribution in [3.8, 4) is 11.5 Å². The summed E-state index contributed by atoms with van der Waals surface area (Å²) in [5, 5.41) is 2.64. The van der Waals surface area contributed by atoms with Crippen molar-refractivity contribution in [3.63, 3.8) is 0 Å². The molecule has 0 aliphatic heterocycles. The first-order valence-corrected chi connectivity index (χ1v) is 8.63. The molecule has 1 N–H and O–H groups in total. The molecule has 0 unspecified atom stereocenters. The number of amides is 1. The van der Waals surface area contributed by atoms with Crippen molar-refractivity contribution < 1.29 is 28.2 Å². The maximum Gasteiger partial charge on any atom is 0.311 e. The lowest BCUT2D eigenvalue weighted by molar-refractivity contribution is -0.154. The van der Waals surface area contributed by atoms with E-state index in [4.69, 9.17) is 18.6 Å². The van der Waals surface area contributed by atoms with Gasteiger partial charge >= 0.3 is 5.97 Å². The molecule has 0 radical (unpaired) electrons. The van der Waals surface area contributed by atoms with E-state index in [1.165, 1.54) is 27.4 Å². The van der Waals surface area contributed by atoms with Gasteiger partial charge in [0.15, 0.2) is 17.6 Å². The minimum Gasteiger partial charge on any atom is -0.493 e. The normalized spacial score (nSPS) is 11.5. The van der Waals surface area contributed by atoms with Gasteiger partial charge in [-0.25, -0.2) is 0 Å². The van der Waals surface area contributed by atoms with Gasteiger partial charge in [-0.2, -0.15) is 0 Å². The number of hydrogen-bond acceptors (Lipinski definition) is 6. The van der Waals surface area contributed by atoms with E-state index in [0.29, 0.717) is 27.3 Å². The number of nitrogens with one attached hydrogen (secondary N) is 1. The summed E-state index contributed by atoms with van der Waals surface area (Å²) in [6, 6.07) is 6.87. The van der Waals surface area contributed by atoms with Crippen LogP contribution in [0, 0.1) is 0 Å². The molecule has 26 heavy (non-hydrogen) atoms. The second kappa shape index (κ2) is 9.28. The van der Waals surface area contributed by atoms with Crippen LogP contribution in [-0.4, -0.2) is 32.2 Å². The molecule has 0 saturated heterocycles. The molecule has 1 aromatic carbocycles. The Morgan fingerprint density at radius 1 is 1.23 bits per heavy atom. The number of benzene rings is 1. The fourth-order valence-corrected chi connectivity index (χ4v) is 2.67. The number of hydrogen-bond donors (Lipinski definition) is 1. The van der Waals surface area contributed by atoms with Crippen LogP contribution in [0.25, 0.3) is 0 Å². The van der Waals surface area contributed by atoms with Crippen LogP contribution in [-0.2, 0) is 27.3 Å². The highest BCUT2D eigenvalue weighted by molar-refractivity contribution is 9.10. The Hall–Kier alpha value is -2.48. The number of furan rings is 1. The van der Waals surface area contributed by atoms with Gasteiger partial charge in [0.2, 0.25) is 0 Å². The van der Waals surface area contributed by atoms with Crippen molar-refractivity contribution in [2.45, 2.75) is 26.0 Å². The van der Waals surface area contributed by atoms with Gasteiger partial charge in [-0.1, -0.05) is 15.9 Å². The molecule has 8 heteroatoms. The summed E-state index contributed by atoms with van der Waals surface area (Å²) in [7, 11) is 3.04. The molecule has 0 aliphatic carbocycles. The van der Waals surface area contributed by atoms with Crippen molar-refractivity contribution in [2.24, 2.45) is 0 Å². The maximum atomic E-state index is 12.2. The van der Waals surface area contributed by atoms with Crippen LogP contribution in [0.5, 0.6) is 11.5 Å². The summed E-state index contributed by atoms with van der Waals surface area (Å²) in [4.78, 5) is 24.2. The molecule has 140 valence electrons. The number of halogens is 1. The zero-order chi connectivity index (χ0) is 19.1. The van der Waals surface area contributed by atoms with E-state index in [2.05, 4.69) is 21.2 Å². The van der Waals surface area contributed by atoms with E-state index in [9.17, 15) is 9.59 Å². The molecule has 1 aromatic heterocycles. The largest absolute Gasteiger partial charge is 0.493 e. The number of carbonyl (C=O) groups is 2. The lowest BCUT2D eigenvalue weighted by Crippen LogP contribution is -2.35. The summed E-state index contributed by atoms with van der Waals surface area (Å²) in [5.74, 6) is 0.732. The molecule has 0 fully saturated rings. The molecular formula is C18H20BrNO6. The van der Waals surface area contributed by atoms with E-state index in [0.717, 1.165) is 0 Å². The summed E-state index contributed by atoms with van der Waals surface area (Å²) in [6.45, 7) is 1.74. The van der Waals surface area contributed by atoms with E-state index >= 15 is 0 Å². The molecule has 2 rings (SSSR count). The Morgan fingerprint density at radius 3 is 2.54 bits per heavy atom. The SMILES string of the molecule is COc1cc(Br)c(CC(=O)O[C@@H](C)C(=O)NCc2ccco2)cc1OC. The highest BCUT2D eigenvalue weighted by atomic mass is 79.9. The predicted molar refractivity (Wildman–Crippen MR) is 97.1 cm³/mol. The van der Waals surface area contributed by atoms with Crippen molar-refractivity contribution in [2.75, 3.05) is 14.2 Å². The fourth-order valence-electron chi connectivity index (χ4n) is 2.21. The van der Waals surface area contributed by atoms with Crippen LogP contribution in [0.4, 0.5) is 0 Å². The summed E-state index contributed by atoms with van der Waals surface area (Å²) < 4.78 is 21.4. The Bertz CT molecular complexity index is 759. The molecule has 2 aromatic rings. The van der Waals surface area contributed by atoms with Crippen LogP contribution in [0.3, 0.4) is 0 Å². The molecule has 1 heterocycles. The number of methoxy groups -OCH3 is 2. The van der Waals surface area contributed by atoms with Crippen LogP contribution in [0.1, 0.15) is 18.2 Å². The van der Waals surface area contributed by atoms with E-state index < -0.39 is 18.0 Å². The minimum atomic E-state index is -0.920. The van der Waals surface area contributed by atoms with E-state index in [1.54, 1.807) is 24.3 Å². The van der Waals surface area contributed by atoms with Crippen molar-refractivity contribution >= 4 is 27.8 Å². The number of rotatable bonds is 8. The van der Waals surface area contributed by atoms with Crippen LogP contribution in [0.15, 0.2) is 39.4 Å². The first-order valence-electron chi connectivity index (χ1n) is 7.84. The van der Waals surface area contributed by atoms with E-state index in [1.807, 2.05) is 0 Å². The Labute approximate surface area is 159 Å². The van der Waals surface area contributed by atoms with Gasteiger partial charge in [-0.15, -0.1) is 0 Å². The van der Waals surface area contributed by atoms with Gasteiger partial charge in [0.25, 0.3) is 5.91 Å². The van der Waals surface area contributed by atoms with Crippen molar-refractivity contribution in [1.29, 1.82) is 0 Å².